The summed E-state index contributed by atoms with van der Waals surface area (Å²) in [7, 11) is 0. The highest BCUT2D eigenvalue weighted by atomic mass is 19.1. The molecule has 1 saturated heterocycles. The van der Waals surface area contributed by atoms with Gasteiger partial charge in [0.1, 0.15) is 35.2 Å². The van der Waals surface area contributed by atoms with Gasteiger partial charge in [-0.05, 0) is 31.5 Å². The summed E-state index contributed by atoms with van der Waals surface area (Å²) in [6, 6.07) is 3.45. The fraction of sp³-hybridized carbons (Fsp3) is 0.318. The molecule has 0 saturated carbocycles. The van der Waals surface area contributed by atoms with Gasteiger partial charge < -0.3 is 15.0 Å². The largest absolute Gasteiger partial charge is 0.483 e. The lowest BCUT2D eigenvalue weighted by Crippen LogP contribution is -2.58. The number of carbonyl (C=O) groups excluding carboxylic acids is 1. The number of ether oxygens (including phenoxy) is 1. The molecule has 0 aliphatic carbocycles. The average molecular weight is 473 g/mol. The second kappa shape index (κ2) is 9.49. The van der Waals surface area contributed by atoms with Crippen LogP contribution in [0.15, 0.2) is 40.6 Å². The number of urea groups is 1. The van der Waals surface area contributed by atoms with E-state index in [0.717, 1.165) is 12.3 Å². The van der Waals surface area contributed by atoms with Gasteiger partial charge in [0.25, 0.3) is 0 Å². The number of nitrogens with one attached hydrogen (secondary N) is 2. The van der Waals surface area contributed by atoms with Crippen molar-refractivity contribution in [3.63, 3.8) is 0 Å². The summed E-state index contributed by atoms with van der Waals surface area (Å²) in [4.78, 5) is 22.2. The Morgan fingerprint density at radius 2 is 1.88 bits per heavy atom. The second-order valence-corrected chi connectivity index (χ2v) is 7.93. The monoisotopic (exact) mass is 473 g/mol. The molecular weight excluding hydrogens is 451 g/mol. The van der Waals surface area contributed by atoms with Crippen LogP contribution >= 0.6 is 0 Å². The Bertz CT molecular complexity index is 1160. The van der Waals surface area contributed by atoms with Crippen LogP contribution in [0.2, 0.25) is 0 Å². The van der Waals surface area contributed by atoms with Crippen LogP contribution in [-0.4, -0.2) is 58.0 Å². The predicted molar refractivity (Wildman–Crippen MR) is 120 cm³/mol. The Balaban J connectivity index is 1.37. The molecule has 0 bridgehead atoms. The maximum atomic E-state index is 14.2. The molecule has 178 valence electrons. The molecule has 2 aliphatic rings. The number of amidine groups is 2. The molecule has 4 rings (SSSR count). The highest BCUT2D eigenvalue weighted by Crippen LogP contribution is 2.32. The molecule has 12 heteroatoms. The Morgan fingerprint density at radius 1 is 1.18 bits per heavy atom. The van der Waals surface area contributed by atoms with Crippen LogP contribution in [-0.2, 0) is 0 Å². The second-order valence-electron chi connectivity index (χ2n) is 7.93. The van der Waals surface area contributed by atoms with Crippen molar-refractivity contribution in [3.8, 4) is 5.75 Å². The first-order chi connectivity index (χ1) is 16.2. The zero-order valence-electron chi connectivity index (χ0n) is 18.4. The average Bonchev–Trinajstić information content (AvgIpc) is 3.20. The van der Waals surface area contributed by atoms with Gasteiger partial charge in [0.2, 0.25) is 0 Å². The quantitative estimate of drug-likeness (QED) is 0.518. The summed E-state index contributed by atoms with van der Waals surface area (Å²) < 4.78 is 47.1. The van der Waals surface area contributed by atoms with E-state index in [1.807, 2.05) is 0 Å². The topological polar surface area (TPSA) is 106 Å². The molecule has 1 aromatic heterocycles. The number of carbonyl (C=O) groups is 1. The van der Waals surface area contributed by atoms with Gasteiger partial charge in [-0.15, -0.1) is 0 Å². The van der Waals surface area contributed by atoms with Crippen molar-refractivity contribution < 1.29 is 22.7 Å². The van der Waals surface area contributed by atoms with Crippen LogP contribution in [0.25, 0.3) is 0 Å². The number of benzene rings is 1. The Morgan fingerprint density at radius 3 is 2.56 bits per heavy atom. The van der Waals surface area contributed by atoms with Crippen LogP contribution in [0.5, 0.6) is 5.75 Å². The number of amides is 2. The van der Waals surface area contributed by atoms with Crippen molar-refractivity contribution in [1.29, 1.82) is 5.41 Å². The lowest BCUT2D eigenvalue weighted by atomic mass is 10.0. The number of pyridine rings is 1. The molecule has 1 aromatic carbocycles. The van der Waals surface area contributed by atoms with E-state index in [2.05, 4.69) is 20.4 Å². The molecule has 1 atom stereocenters. The molecule has 34 heavy (non-hydrogen) atoms. The minimum atomic E-state index is -0.727. The van der Waals surface area contributed by atoms with Crippen LogP contribution < -0.4 is 10.1 Å². The van der Waals surface area contributed by atoms with Gasteiger partial charge in [-0.1, -0.05) is 0 Å². The molecule has 1 fully saturated rings. The van der Waals surface area contributed by atoms with E-state index in [-0.39, 0.29) is 24.7 Å². The lowest BCUT2D eigenvalue weighted by molar-refractivity contribution is 0.0257. The number of halogens is 3. The minimum Gasteiger partial charge on any atom is -0.483 e. The van der Waals surface area contributed by atoms with Gasteiger partial charge in [0, 0.05) is 24.8 Å². The minimum absolute atomic E-state index is 0.0405. The number of likely N-dealkylation sites (tertiary alicyclic amines) is 1. The maximum Gasteiger partial charge on any atom is 0.341 e. The SMILES string of the molecule is CC(=N)/N=C(/C)Nc1cc(OC2CN(C(=O)N3N=CC[C@H]3c3cc(F)cc(F)c3)C2)c(F)cn1. The lowest BCUT2D eigenvalue weighted by Gasteiger charge is -2.41. The molecule has 3 heterocycles. The summed E-state index contributed by atoms with van der Waals surface area (Å²) in [5.74, 6) is -1.34. The van der Waals surface area contributed by atoms with Gasteiger partial charge >= 0.3 is 6.03 Å². The van der Waals surface area contributed by atoms with Gasteiger partial charge in [-0.25, -0.2) is 33.0 Å². The van der Waals surface area contributed by atoms with Crippen LogP contribution in [0.4, 0.5) is 23.8 Å². The van der Waals surface area contributed by atoms with Crippen molar-refractivity contribution in [1.82, 2.24) is 14.9 Å². The highest BCUT2D eigenvalue weighted by molar-refractivity contribution is 6.00. The third-order valence-electron chi connectivity index (χ3n) is 5.17. The number of hydrogen-bond donors (Lipinski definition) is 2. The van der Waals surface area contributed by atoms with E-state index in [1.54, 1.807) is 6.92 Å². The number of hydrazone groups is 1. The maximum absolute atomic E-state index is 14.2. The number of rotatable bonds is 4. The van der Waals surface area contributed by atoms with Gasteiger partial charge in [-0.3, -0.25) is 5.41 Å². The third-order valence-corrected chi connectivity index (χ3v) is 5.17. The highest BCUT2D eigenvalue weighted by Gasteiger charge is 2.39. The first-order valence-corrected chi connectivity index (χ1v) is 10.5. The van der Waals surface area contributed by atoms with Crippen LogP contribution in [0.3, 0.4) is 0 Å². The van der Waals surface area contributed by atoms with E-state index in [4.69, 9.17) is 10.1 Å². The number of anilines is 1. The van der Waals surface area contributed by atoms with E-state index < -0.39 is 35.6 Å². The van der Waals surface area contributed by atoms with Gasteiger partial charge in [0.05, 0.1) is 25.3 Å². The van der Waals surface area contributed by atoms with Crippen LogP contribution in [0, 0.1) is 22.9 Å². The Kier molecular flexibility index (Phi) is 6.48. The van der Waals surface area contributed by atoms with E-state index in [0.29, 0.717) is 23.6 Å². The van der Waals surface area contributed by atoms with E-state index >= 15 is 0 Å². The summed E-state index contributed by atoms with van der Waals surface area (Å²) in [6.07, 6.45) is 2.40. The summed E-state index contributed by atoms with van der Waals surface area (Å²) in [5.41, 5.74) is 0.313. The standard InChI is InChI=1S/C22H22F3N7O2/c1-12(26)29-13(2)30-21-8-20(18(25)9-27-21)34-17-10-31(11-17)22(33)32-19(3-4-28-32)14-5-15(23)7-16(24)6-14/h4-9,17,19H,3,10-11H2,1-2H3,(H2,26,27,29,30)/t19-/m0/s1. The molecule has 0 radical (unpaired) electrons. The number of aromatic nitrogens is 1. The van der Waals surface area contributed by atoms with E-state index in [9.17, 15) is 18.0 Å². The zero-order valence-corrected chi connectivity index (χ0v) is 18.4. The molecule has 9 nitrogen and oxygen atoms in total. The summed E-state index contributed by atoms with van der Waals surface area (Å²) >= 11 is 0. The van der Waals surface area contributed by atoms with Crippen molar-refractivity contribution in [2.24, 2.45) is 10.1 Å². The normalized spacial score (nSPS) is 18.1. The molecule has 0 spiro atoms. The fourth-order valence-corrected chi connectivity index (χ4v) is 3.68. The number of aliphatic imine (C=N–C) groups is 1. The van der Waals surface area contributed by atoms with Gasteiger partial charge in [-0.2, -0.15) is 5.10 Å². The van der Waals surface area contributed by atoms with Crippen molar-refractivity contribution in [3.05, 3.63) is 53.5 Å². The summed E-state index contributed by atoms with van der Waals surface area (Å²) in [6.45, 7) is 3.54. The molecule has 2 aliphatic heterocycles. The smallest absolute Gasteiger partial charge is 0.341 e. The van der Waals surface area contributed by atoms with Crippen LogP contribution in [0.1, 0.15) is 31.9 Å². The first-order valence-electron chi connectivity index (χ1n) is 10.5. The molecule has 0 unspecified atom stereocenters. The Hall–Kier alpha value is -3.96. The predicted octanol–water partition coefficient (Wildman–Crippen LogP) is 3.94. The van der Waals surface area contributed by atoms with E-state index in [1.165, 1.54) is 41.2 Å². The first kappa shape index (κ1) is 23.2. The van der Waals surface area contributed by atoms with Crippen molar-refractivity contribution >= 4 is 29.7 Å². The molecule has 2 amide bonds. The molecule has 2 aromatic rings. The third kappa shape index (κ3) is 5.16. The summed E-state index contributed by atoms with van der Waals surface area (Å²) in [5, 5.41) is 15.5. The fourth-order valence-electron chi connectivity index (χ4n) is 3.68. The molecule has 2 N–H and O–H groups in total. The Labute approximate surface area is 193 Å². The zero-order chi connectivity index (χ0) is 24.4. The number of nitrogens with zero attached hydrogens (tertiary/aromatic N) is 5. The van der Waals surface area contributed by atoms with Crippen molar-refractivity contribution in [2.75, 3.05) is 18.4 Å². The number of hydrogen-bond acceptors (Lipinski definition) is 5. The molecular formula is C22H22F3N7O2. The van der Waals surface area contributed by atoms with Gasteiger partial charge in [0.15, 0.2) is 11.6 Å². The van der Waals surface area contributed by atoms with Crippen molar-refractivity contribution in [2.45, 2.75) is 32.4 Å².